The maximum Gasteiger partial charge on any atom is 0.269 e. The molecule has 322 valence electrons. The number of methoxy groups -OCH3 is 1. The van der Waals surface area contributed by atoms with Crippen LogP contribution in [0.4, 0.5) is 17.1 Å². The van der Waals surface area contributed by atoms with Crippen LogP contribution in [0.5, 0.6) is 23.0 Å². The summed E-state index contributed by atoms with van der Waals surface area (Å²) in [5.41, 5.74) is 7.00. The van der Waals surface area contributed by atoms with Crippen LogP contribution in [0.2, 0.25) is 0 Å². The smallest absolute Gasteiger partial charge is 0.269 e. The molecule has 0 saturated carbocycles. The zero-order valence-electron chi connectivity index (χ0n) is 36.0. The van der Waals surface area contributed by atoms with E-state index in [1.54, 1.807) is 49.4 Å². The van der Waals surface area contributed by atoms with E-state index in [9.17, 15) is 24.5 Å². The minimum Gasteiger partial charge on any atom is -0.496 e. The van der Waals surface area contributed by atoms with Crippen molar-refractivity contribution in [2.75, 3.05) is 69.2 Å². The van der Waals surface area contributed by atoms with Gasteiger partial charge in [0.25, 0.3) is 23.4 Å². The number of likely N-dealkylation sites (N-methyl/N-ethyl adjacent to an activating group) is 3. The number of benzene rings is 5. The Hall–Kier alpha value is -7.29. The van der Waals surface area contributed by atoms with E-state index in [1.807, 2.05) is 66.7 Å². The number of nitro groups is 1. The third-order valence-corrected chi connectivity index (χ3v) is 10.3. The lowest BCUT2D eigenvalue weighted by Gasteiger charge is -2.23. The Labute approximate surface area is 360 Å². The number of rotatable bonds is 13. The summed E-state index contributed by atoms with van der Waals surface area (Å²) in [5, 5.41) is 20.3. The molecule has 1 aliphatic carbocycles. The van der Waals surface area contributed by atoms with E-state index in [2.05, 4.69) is 10.2 Å². The molecular weight excluding hydrogens is 793 g/mol. The highest BCUT2D eigenvalue weighted by atomic mass is 16.6. The fraction of sp³-hybridized carbons (Fsp3) is 0.298. The molecule has 1 aliphatic rings. The van der Waals surface area contributed by atoms with Gasteiger partial charge in [0.2, 0.25) is 0 Å². The van der Waals surface area contributed by atoms with Crippen LogP contribution in [0.1, 0.15) is 44.5 Å². The summed E-state index contributed by atoms with van der Waals surface area (Å²) < 4.78 is 25.4. The quantitative estimate of drug-likeness (QED) is 0.0670. The normalized spacial score (nSPS) is 12.0. The van der Waals surface area contributed by atoms with E-state index in [1.165, 1.54) is 39.0 Å². The zero-order chi connectivity index (χ0) is 44.5. The van der Waals surface area contributed by atoms with Gasteiger partial charge in [0.1, 0.15) is 23.0 Å². The highest BCUT2D eigenvalue weighted by Gasteiger charge is 2.24. The number of amides is 3. The van der Waals surface area contributed by atoms with Crippen LogP contribution in [0.3, 0.4) is 0 Å². The highest BCUT2D eigenvalue weighted by molar-refractivity contribution is 5.78. The molecule has 3 amide bonds. The maximum absolute atomic E-state index is 13.0. The number of nitrogens with zero attached hydrogens (tertiary/aromatic N) is 6. The molecule has 8 bridgehead atoms. The number of fused-ring (bicyclic) bond motifs is 8. The van der Waals surface area contributed by atoms with Gasteiger partial charge in [-0.2, -0.15) is 10.2 Å². The van der Waals surface area contributed by atoms with Crippen molar-refractivity contribution in [2.45, 2.75) is 25.7 Å². The van der Waals surface area contributed by atoms with Crippen LogP contribution in [0, 0.1) is 10.1 Å². The third kappa shape index (κ3) is 10.7. The largest absolute Gasteiger partial charge is 0.496 e. The molecule has 0 spiro atoms. The van der Waals surface area contributed by atoms with Crippen LogP contribution in [-0.4, -0.2) is 107 Å². The molecule has 6 rings (SSSR count). The van der Waals surface area contributed by atoms with Crippen LogP contribution in [0.15, 0.2) is 101 Å². The lowest BCUT2D eigenvalue weighted by atomic mass is 9.91. The molecule has 0 N–H and O–H groups in total. The van der Waals surface area contributed by atoms with Gasteiger partial charge in [0, 0.05) is 91.2 Å². The number of hydrogen-bond acceptors (Lipinski definition) is 11. The number of nitro benzene ring substituents is 1. The number of carbonyl (C=O) groups is 3. The van der Waals surface area contributed by atoms with E-state index in [0.29, 0.717) is 47.2 Å². The molecule has 5 aromatic carbocycles. The zero-order valence-corrected chi connectivity index (χ0v) is 36.0. The van der Waals surface area contributed by atoms with E-state index in [4.69, 9.17) is 18.9 Å². The van der Waals surface area contributed by atoms with Crippen LogP contribution >= 0.6 is 0 Å². The molecule has 0 radical (unpaired) electrons. The SMILES string of the molecule is COc1c2cc(N=Nc3ccc([N+](=O)[O-])cc3)cc1Cc1cccc(c1OCC(=O)N(C)C)Cc1cccc(c1OCC(=O)N(C)C)Cc1cccc(c1OCC(=O)N(C)C)C2. The molecule has 15 nitrogen and oxygen atoms in total. The Bertz CT molecular complexity index is 2380. The van der Waals surface area contributed by atoms with Crippen LogP contribution in [0.25, 0.3) is 0 Å². The van der Waals surface area contributed by atoms with Gasteiger partial charge in [0.05, 0.1) is 23.4 Å². The monoisotopic (exact) mass is 842 g/mol. The summed E-state index contributed by atoms with van der Waals surface area (Å²) in [6, 6.07) is 27.0. The Morgan fingerprint density at radius 3 is 1.15 bits per heavy atom. The Balaban J connectivity index is 1.58. The number of ether oxygens (including phenoxy) is 4. The van der Waals surface area contributed by atoms with Crippen LogP contribution in [-0.2, 0) is 40.1 Å². The van der Waals surface area contributed by atoms with Gasteiger partial charge in [-0.3, -0.25) is 24.5 Å². The predicted molar refractivity (Wildman–Crippen MR) is 233 cm³/mol. The lowest BCUT2D eigenvalue weighted by Crippen LogP contribution is -2.28. The average Bonchev–Trinajstić information content (AvgIpc) is 3.24. The van der Waals surface area contributed by atoms with Gasteiger partial charge in [-0.05, 0) is 57.6 Å². The fourth-order valence-corrected chi connectivity index (χ4v) is 6.99. The number of hydrogen-bond donors (Lipinski definition) is 0. The molecule has 0 unspecified atom stereocenters. The number of carbonyl (C=O) groups excluding carboxylic acids is 3. The molecule has 0 aromatic heterocycles. The number of para-hydroxylation sites is 3. The van der Waals surface area contributed by atoms with Crippen LogP contribution < -0.4 is 18.9 Å². The van der Waals surface area contributed by atoms with Gasteiger partial charge in [0.15, 0.2) is 19.8 Å². The van der Waals surface area contributed by atoms with E-state index >= 15 is 0 Å². The van der Waals surface area contributed by atoms with Gasteiger partial charge in [-0.1, -0.05) is 54.6 Å². The van der Waals surface area contributed by atoms with Gasteiger partial charge in [-0.25, -0.2) is 0 Å². The second-order valence-corrected chi connectivity index (χ2v) is 15.4. The first kappa shape index (κ1) is 44.3. The Kier molecular flexibility index (Phi) is 14.2. The Morgan fingerprint density at radius 2 is 0.839 bits per heavy atom. The van der Waals surface area contributed by atoms with Crippen molar-refractivity contribution >= 4 is 34.8 Å². The van der Waals surface area contributed by atoms with Gasteiger partial charge in [-0.15, -0.1) is 0 Å². The van der Waals surface area contributed by atoms with E-state index in [-0.39, 0.29) is 56.1 Å². The predicted octanol–water partition coefficient (Wildman–Crippen LogP) is 7.10. The van der Waals surface area contributed by atoms with E-state index < -0.39 is 4.92 Å². The summed E-state index contributed by atoms with van der Waals surface area (Å²) in [4.78, 5) is 54.1. The average molecular weight is 843 g/mol. The summed E-state index contributed by atoms with van der Waals surface area (Å²) in [7, 11) is 11.6. The molecule has 5 aromatic rings. The van der Waals surface area contributed by atoms with Crippen molar-refractivity contribution in [3.8, 4) is 23.0 Å². The number of non-ortho nitro benzene ring substituents is 1. The number of azo groups is 1. The standard InChI is InChI=1S/C47H50N6O9/c1-50(2)41(54)27-60-45-30-11-8-12-31(45)22-33-14-10-16-35(47(33)62-29-43(56)52(5)6)24-37-26-39(49-48-38-17-19-40(20-18-38)53(57)58)25-36(44(37)59-7)23-34-15-9-13-32(21-30)46(34)61-28-42(55)51(3)4/h8-20,25-26H,21-24,27-29H2,1-7H3. The summed E-state index contributed by atoms with van der Waals surface area (Å²) in [6.07, 6.45) is 1.23. The topological polar surface area (TPSA) is 166 Å². The minimum absolute atomic E-state index is 0.0619. The Morgan fingerprint density at radius 1 is 0.516 bits per heavy atom. The summed E-state index contributed by atoms with van der Waals surface area (Å²) in [5.74, 6) is 1.50. The molecule has 0 fully saturated rings. The van der Waals surface area contributed by atoms with Gasteiger partial charge >= 0.3 is 0 Å². The highest BCUT2D eigenvalue weighted by Crippen LogP contribution is 2.40. The molecule has 15 heteroatoms. The second kappa shape index (κ2) is 19.8. The van der Waals surface area contributed by atoms with Crippen molar-refractivity contribution in [3.05, 3.63) is 146 Å². The molecule has 0 atom stereocenters. The lowest BCUT2D eigenvalue weighted by molar-refractivity contribution is -0.384. The molecular formula is C47H50N6O9. The molecule has 0 saturated heterocycles. The van der Waals surface area contributed by atoms with Crippen molar-refractivity contribution in [2.24, 2.45) is 10.2 Å². The third-order valence-electron chi connectivity index (χ3n) is 10.3. The molecule has 0 aliphatic heterocycles. The minimum atomic E-state index is -0.475. The van der Waals surface area contributed by atoms with Gasteiger partial charge < -0.3 is 33.6 Å². The first-order valence-electron chi connectivity index (χ1n) is 19.9. The molecule has 0 heterocycles. The van der Waals surface area contributed by atoms with Crippen molar-refractivity contribution < 1.29 is 38.3 Å². The molecule has 62 heavy (non-hydrogen) atoms. The van der Waals surface area contributed by atoms with Crippen molar-refractivity contribution in [3.63, 3.8) is 0 Å². The first-order valence-corrected chi connectivity index (χ1v) is 19.9. The summed E-state index contributed by atoms with van der Waals surface area (Å²) in [6.45, 7) is -0.620. The second-order valence-electron chi connectivity index (χ2n) is 15.4. The maximum atomic E-state index is 13.0. The fourth-order valence-electron chi connectivity index (χ4n) is 6.99. The van der Waals surface area contributed by atoms with Crippen molar-refractivity contribution in [1.82, 2.24) is 14.7 Å². The van der Waals surface area contributed by atoms with Crippen molar-refractivity contribution in [1.29, 1.82) is 0 Å². The first-order chi connectivity index (χ1) is 29.7. The summed E-state index contributed by atoms with van der Waals surface area (Å²) >= 11 is 0. The van der Waals surface area contributed by atoms with E-state index in [0.717, 1.165) is 44.5 Å².